The average molecular weight is 484 g/mol. The summed E-state index contributed by atoms with van der Waals surface area (Å²) >= 11 is 12.2. The average Bonchev–Trinajstić information content (AvgIpc) is 2.62. The van der Waals surface area contributed by atoms with Gasteiger partial charge in [-0.25, -0.2) is 0 Å². The van der Waals surface area contributed by atoms with Crippen LogP contribution in [0.1, 0.15) is 24.5 Å². The van der Waals surface area contributed by atoms with Gasteiger partial charge >= 0.3 is 0 Å². The van der Waals surface area contributed by atoms with Gasteiger partial charge in [0.05, 0.1) is 6.61 Å². The lowest BCUT2D eigenvalue weighted by Crippen LogP contribution is -2.21. The third-order valence-electron chi connectivity index (χ3n) is 3.99. The number of ether oxygens (including phenoxy) is 2. The molecule has 4 nitrogen and oxygen atoms in total. The van der Waals surface area contributed by atoms with Crippen LogP contribution in [0, 0.1) is 0 Å². The van der Waals surface area contributed by atoms with Gasteiger partial charge in [-0.15, -0.1) is 24.8 Å². The molecule has 0 spiro atoms. The van der Waals surface area contributed by atoms with Crippen LogP contribution in [0.25, 0.3) is 0 Å². The van der Waals surface area contributed by atoms with Gasteiger partial charge in [-0.1, -0.05) is 35.3 Å². The summed E-state index contributed by atoms with van der Waals surface area (Å²) in [6.45, 7) is 5.77. The van der Waals surface area contributed by atoms with E-state index in [1.165, 1.54) is 5.56 Å². The van der Waals surface area contributed by atoms with Gasteiger partial charge in [0, 0.05) is 22.2 Å². The van der Waals surface area contributed by atoms with Crippen LogP contribution in [0.4, 0.5) is 0 Å². The summed E-state index contributed by atoms with van der Waals surface area (Å²) in [7, 11) is 4.18. The molecule has 2 aromatic carbocycles. The molecule has 8 heteroatoms. The first-order valence-corrected chi connectivity index (χ1v) is 9.93. The van der Waals surface area contributed by atoms with Crippen LogP contribution in [0.3, 0.4) is 0 Å². The van der Waals surface area contributed by atoms with Crippen LogP contribution >= 0.6 is 48.0 Å². The van der Waals surface area contributed by atoms with Crippen molar-refractivity contribution in [2.45, 2.75) is 26.5 Å². The third kappa shape index (κ3) is 10.1. The Morgan fingerprint density at radius 1 is 0.966 bits per heavy atom. The maximum atomic E-state index is 6.22. The molecule has 2 aromatic rings. The number of hydrogen-bond donors (Lipinski definition) is 1. The van der Waals surface area contributed by atoms with E-state index in [4.69, 9.17) is 32.7 Å². The van der Waals surface area contributed by atoms with E-state index >= 15 is 0 Å². The second-order valence-corrected chi connectivity index (χ2v) is 7.42. The predicted octanol–water partition coefficient (Wildman–Crippen LogP) is 5.86. The van der Waals surface area contributed by atoms with Crippen molar-refractivity contribution in [3.05, 3.63) is 57.6 Å². The minimum Gasteiger partial charge on any atom is -0.490 e. The van der Waals surface area contributed by atoms with Gasteiger partial charge in [-0.2, -0.15) is 0 Å². The van der Waals surface area contributed by atoms with E-state index < -0.39 is 0 Å². The van der Waals surface area contributed by atoms with Gasteiger partial charge in [-0.3, -0.25) is 0 Å². The van der Waals surface area contributed by atoms with Crippen molar-refractivity contribution < 1.29 is 9.47 Å². The summed E-state index contributed by atoms with van der Waals surface area (Å²) in [5.41, 5.74) is 2.05. The molecule has 2 rings (SSSR count). The van der Waals surface area contributed by atoms with E-state index in [1.807, 2.05) is 25.1 Å². The Morgan fingerprint density at radius 3 is 2.38 bits per heavy atom. The van der Waals surface area contributed by atoms with Crippen LogP contribution in [0.15, 0.2) is 36.4 Å². The molecule has 0 atom stereocenters. The highest BCUT2D eigenvalue weighted by Gasteiger charge is 2.09. The van der Waals surface area contributed by atoms with Gasteiger partial charge in [0.2, 0.25) is 0 Å². The van der Waals surface area contributed by atoms with Gasteiger partial charge in [0.25, 0.3) is 0 Å². The minimum absolute atomic E-state index is 0. The number of nitrogens with one attached hydrogen (secondary N) is 1. The maximum Gasteiger partial charge on any atom is 0.161 e. The lowest BCUT2D eigenvalue weighted by Gasteiger charge is -2.15. The second kappa shape index (κ2) is 15.0. The van der Waals surface area contributed by atoms with E-state index in [2.05, 4.69) is 30.4 Å². The zero-order valence-corrected chi connectivity index (χ0v) is 20.2. The fourth-order valence-corrected chi connectivity index (χ4v) is 3.06. The highest BCUT2D eigenvalue weighted by atomic mass is 35.5. The smallest absolute Gasteiger partial charge is 0.161 e. The number of rotatable bonds is 11. The monoisotopic (exact) mass is 482 g/mol. The molecule has 0 amide bonds. The molecule has 0 radical (unpaired) electrons. The van der Waals surface area contributed by atoms with Crippen molar-refractivity contribution >= 4 is 48.0 Å². The van der Waals surface area contributed by atoms with Gasteiger partial charge in [-0.05, 0) is 70.4 Å². The molecule has 0 fully saturated rings. The molecule has 0 aromatic heterocycles. The molecule has 0 saturated heterocycles. The molecule has 0 bridgehead atoms. The zero-order chi connectivity index (χ0) is 19.6. The van der Waals surface area contributed by atoms with E-state index in [9.17, 15) is 0 Å². The van der Waals surface area contributed by atoms with E-state index in [-0.39, 0.29) is 24.8 Å². The summed E-state index contributed by atoms with van der Waals surface area (Å²) in [5.74, 6) is 1.45. The normalized spacial score (nSPS) is 10.3. The molecule has 0 aliphatic heterocycles. The van der Waals surface area contributed by atoms with Crippen molar-refractivity contribution in [1.29, 1.82) is 0 Å². The Kier molecular flexibility index (Phi) is 14.5. The molecule has 0 aliphatic carbocycles. The molecule has 0 unspecified atom stereocenters. The minimum atomic E-state index is 0. The lowest BCUT2D eigenvalue weighted by molar-refractivity contribution is 0.269. The fourth-order valence-electron chi connectivity index (χ4n) is 2.60. The van der Waals surface area contributed by atoms with Crippen LogP contribution in [-0.2, 0) is 13.2 Å². The van der Waals surface area contributed by atoms with Crippen LogP contribution in [0.5, 0.6) is 11.5 Å². The number of benzene rings is 2. The summed E-state index contributed by atoms with van der Waals surface area (Å²) < 4.78 is 11.7. The van der Waals surface area contributed by atoms with Gasteiger partial charge in [0.1, 0.15) is 6.61 Å². The van der Waals surface area contributed by atoms with Gasteiger partial charge in [0.15, 0.2) is 11.5 Å². The summed E-state index contributed by atoms with van der Waals surface area (Å²) in [6.07, 6.45) is 1.12. The van der Waals surface area contributed by atoms with Crippen LogP contribution in [-0.4, -0.2) is 38.7 Å². The Morgan fingerprint density at radius 2 is 1.72 bits per heavy atom. The Balaban J connectivity index is 0.00000392. The molecule has 1 N–H and O–H groups in total. The number of nitrogens with zero attached hydrogens (tertiary/aromatic N) is 1. The molecular weight excluding hydrogens is 454 g/mol. The summed E-state index contributed by atoms with van der Waals surface area (Å²) in [4.78, 5) is 2.19. The number of halogens is 4. The van der Waals surface area contributed by atoms with Crippen molar-refractivity contribution in [2.75, 3.05) is 33.8 Å². The van der Waals surface area contributed by atoms with E-state index in [0.717, 1.165) is 37.4 Å². The Hall–Kier alpha value is -0.880. The first kappa shape index (κ1) is 28.1. The molecule has 0 heterocycles. The highest BCUT2D eigenvalue weighted by Crippen LogP contribution is 2.30. The quantitative estimate of drug-likeness (QED) is 0.406. The summed E-state index contributed by atoms with van der Waals surface area (Å²) in [6, 6.07) is 11.4. The largest absolute Gasteiger partial charge is 0.490 e. The molecular formula is C21H30Cl4N2O2. The number of hydrogen-bond acceptors (Lipinski definition) is 4. The standard InChI is InChI=1S/C21H28Cl2N2O2.2ClH/c1-4-26-21-12-16(14-24-10-5-11-25(2)3)6-9-20(21)27-15-17-7-8-18(22)13-19(17)23;;/h6-9,12-13,24H,4-5,10-11,14-15H2,1-3H3;2*1H. The predicted molar refractivity (Wildman–Crippen MR) is 128 cm³/mol. The zero-order valence-electron chi connectivity index (χ0n) is 17.0. The van der Waals surface area contributed by atoms with Crippen molar-refractivity contribution in [2.24, 2.45) is 0 Å². The van der Waals surface area contributed by atoms with Crippen molar-refractivity contribution in [3.63, 3.8) is 0 Å². The van der Waals surface area contributed by atoms with Gasteiger partial charge < -0.3 is 19.7 Å². The van der Waals surface area contributed by atoms with Crippen molar-refractivity contribution in [1.82, 2.24) is 10.2 Å². The highest BCUT2D eigenvalue weighted by molar-refractivity contribution is 6.35. The molecule has 29 heavy (non-hydrogen) atoms. The fraction of sp³-hybridized carbons (Fsp3) is 0.429. The van der Waals surface area contributed by atoms with Crippen LogP contribution in [0.2, 0.25) is 10.0 Å². The molecule has 0 aliphatic rings. The Bertz CT molecular complexity index is 730. The summed E-state index contributed by atoms with van der Waals surface area (Å²) in [5, 5.41) is 4.67. The van der Waals surface area contributed by atoms with Crippen LogP contribution < -0.4 is 14.8 Å². The maximum absolute atomic E-state index is 6.22. The first-order chi connectivity index (χ1) is 13.0. The lowest BCUT2D eigenvalue weighted by atomic mass is 10.2. The van der Waals surface area contributed by atoms with E-state index in [1.54, 1.807) is 12.1 Å². The Labute approximate surface area is 196 Å². The SMILES string of the molecule is CCOc1cc(CNCCCN(C)C)ccc1OCc1ccc(Cl)cc1Cl.Cl.Cl. The second-order valence-electron chi connectivity index (χ2n) is 6.57. The van der Waals surface area contributed by atoms with Crippen molar-refractivity contribution in [3.8, 4) is 11.5 Å². The first-order valence-electron chi connectivity index (χ1n) is 9.17. The van der Waals surface area contributed by atoms with E-state index in [0.29, 0.717) is 29.0 Å². The molecule has 164 valence electrons. The molecule has 0 saturated carbocycles. The third-order valence-corrected chi connectivity index (χ3v) is 4.58. The topological polar surface area (TPSA) is 33.7 Å².